The Balaban J connectivity index is 3.01. The molecule has 0 N–H and O–H groups in total. The molecular weight excluding hydrogens is 362 g/mol. The summed E-state index contributed by atoms with van der Waals surface area (Å²) in [5, 5.41) is -0.609. The number of ketones is 1. The van der Waals surface area contributed by atoms with Gasteiger partial charge in [-0.1, -0.05) is 42.8 Å². The quantitative estimate of drug-likeness (QED) is 0.405. The van der Waals surface area contributed by atoms with Crippen molar-refractivity contribution < 1.29 is 9.18 Å². The first-order valence-electron chi connectivity index (χ1n) is 7.84. The number of rotatable bonds is 7. The fraction of sp³-hybridized carbons (Fsp3) is 0.611. The zero-order chi connectivity index (χ0) is 17.1. The van der Waals surface area contributed by atoms with Crippen LogP contribution >= 0.6 is 25.2 Å². The first kappa shape index (κ1) is 19.8. The molecule has 0 aliphatic rings. The molecule has 22 heavy (non-hydrogen) atoms. The van der Waals surface area contributed by atoms with Gasteiger partial charge in [0.2, 0.25) is 0 Å². The van der Waals surface area contributed by atoms with Crippen LogP contribution < -0.4 is 0 Å². The van der Waals surface area contributed by atoms with Crippen molar-refractivity contribution in [2.45, 2.75) is 64.7 Å². The highest BCUT2D eigenvalue weighted by molar-refractivity contribution is 9.10. The SMILES string of the molecule is CCC(CC(C)(P)C(C)(F)CC)C(=O)c1ccc(Br)c(C)c1. The molecule has 1 nitrogen and oxygen atoms in total. The molecule has 4 heteroatoms. The molecule has 0 aromatic heterocycles. The third kappa shape index (κ3) is 4.38. The zero-order valence-electron chi connectivity index (χ0n) is 14.2. The highest BCUT2D eigenvalue weighted by Crippen LogP contribution is 2.43. The van der Waals surface area contributed by atoms with Gasteiger partial charge in [-0.2, -0.15) is 0 Å². The van der Waals surface area contributed by atoms with E-state index >= 15 is 0 Å². The maximum Gasteiger partial charge on any atom is 0.165 e. The minimum absolute atomic E-state index is 0.110. The normalized spacial score (nSPS) is 18.4. The average Bonchev–Trinajstić information content (AvgIpc) is 2.46. The van der Waals surface area contributed by atoms with E-state index in [0.29, 0.717) is 18.4 Å². The van der Waals surface area contributed by atoms with Gasteiger partial charge < -0.3 is 0 Å². The molecule has 124 valence electrons. The molecular formula is C18H27BrFOP. The van der Waals surface area contributed by atoms with E-state index in [1.807, 2.05) is 45.9 Å². The number of Topliss-reactive ketones (excluding diaryl/α,β-unsaturated/α-hetero) is 1. The third-order valence-electron chi connectivity index (χ3n) is 4.83. The summed E-state index contributed by atoms with van der Waals surface area (Å²) in [7, 11) is 2.64. The van der Waals surface area contributed by atoms with E-state index in [-0.39, 0.29) is 11.7 Å². The predicted octanol–water partition coefficient (Wildman–Crippen LogP) is 6.13. The van der Waals surface area contributed by atoms with Crippen LogP contribution in [0.4, 0.5) is 4.39 Å². The van der Waals surface area contributed by atoms with E-state index < -0.39 is 10.8 Å². The summed E-state index contributed by atoms with van der Waals surface area (Å²) in [6.45, 7) is 9.34. The lowest BCUT2D eigenvalue weighted by atomic mass is 9.79. The largest absolute Gasteiger partial charge is 0.294 e. The molecule has 0 radical (unpaired) electrons. The maximum absolute atomic E-state index is 14.7. The minimum Gasteiger partial charge on any atom is -0.294 e. The standard InChI is InChI=1S/C18H27BrFOP/c1-6-13(11-18(5,22)17(4,20)7-2)16(21)14-8-9-15(19)12(3)10-14/h8-10,13H,6-7,11,22H2,1-5H3. The van der Waals surface area contributed by atoms with E-state index in [4.69, 9.17) is 0 Å². The van der Waals surface area contributed by atoms with Gasteiger partial charge in [0.05, 0.1) is 0 Å². The molecule has 0 fully saturated rings. The topological polar surface area (TPSA) is 17.1 Å². The summed E-state index contributed by atoms with van der Waals surface area (Å²) in [4.78, 5) is 12.8. The number of hydrogen-bond acceptors (Lipinski definition) is 1. The Kier molecular flexibility index (Phi) is 6.77. The average molecular weight is 389 g/mol. The summed E-state index contributed by atoms with van der Waals surface area (Å²) in [6.07, 6.45) is 1.69. The van der Waals surface area contributed by atoms with Crippen molar-refractivity contribution in [2.24, 2.45) is 5.92 Å². The van der Waals surface area contributed by atoms with Crippen molar-refractivity contribution >= 4 is 31.0 Å². The van der Waals surface area contributed by atoms with E-state index in [1.54, 1.807) is 6.92 Å². The fourth-order valence-electron chi connectivity index (χ4n) is 2.58. The number of aryl methyl sites for hydroxylation is 1. The summed E-state index contributed by atoms with van der Waals surface area (Å²) in [6, 6.07) is 5.65. The Morgan fingerprint density at radius 2 is 1.95 bits per heavy atom. The lowest BCUT2D eigenvalue weighted by Gasteiger charge is -2.39. The Bertz CT molecular complexity index is 540. The lowest BCUT2D eigenvalue weighted by Crippen LogP contribution is -2.43. The first-order chi connectivity index (χ1) is 10.1. The summed E-state index contributed by atoms with van der Waals surface area (Å²) in [5.74, 6) is -0.0524. The van der Waals surface area contributed by atoms with Crippen LogP contribution in [0, 0.1) is 12.8 Å². The van der Waals surface area contributed by atoms with Crippen molar-refractivity contribution in [3.05, 3.63) is 33.8 Å². The van der Waals surface area contributed by atoms with Crippen molar-refractivity contribution in [1.82, 2.24) is 0 Å². The lowest BCUT2D eigenvalue weighted by molar-refractivity contribution is 0.0822. The number of carbonyl (C=O) groups is 1. The zero-order valence-corrected chi connectivity index (χ0v) is 16.9. The van der Waals surface area contributed by atoms with Crippen molar-refractivity contribution in [1.29, 1.82) is 0 Å². The van der Waals surface area contributed by atoms with Crippen LogP contribution in [-0.4, -0.2) is 16.6 Å². The Hall–Kier alpha value is -0.270. The van der Waals surface area contributed by atoms with Gasteiger partial charge in [-0.05, 0) is 50.8 Å². The Labute approximate surface area is 144 Å². The summed E-state index contributed by atoms with van der Waals surface area (Å²) >= 11 is 3.45. The van der Waals surface area contributed by atoms with Crippen LogP contribution in [0.15, 0.2) is 22.7 Å². The van der Waals surface area contributed by atoms with Gasteiger partial charge in [-0.25, -0.2) is 4.39 Å². The van der Waals surface area contributed by atoms with Gasteiger partial charge in [-0.15, -0.1) is 9.24 Å². The van der Waals surface area contributed by atoms with E-state index in [0.717, 1.165) is 16.5 Å². The molecule has 4 atom stereocenters. The number of carbonyl (C=O) groups excluding carboxylic acids is 1. The van der Waals surface area contributed by atoms with Crippen LogP contribution in [0.25, 0.3) is 0 Å². The molecule has 1 aromatic rings. The highest BCUT2D eigenvalue weighted by Gasteiger charge is 2.42. The first-order valence-corrected chi connectivity index (χ1v) is 9.21. The second-order valence-corrected chi connectivity index (χ2v) is 8.73. The number of alkyl halides is 1. The fourth-order valence-corrected chi connectivity index (χ4v) is 3.32. The number of benzene rings is 1. The second kappa shape index (κ2) is 7.53. The number of halogens is 2. The van der Waals surface area contributed by atoms with Gasteiger partial charge in [-0.3, -0.25) is 4.79 Å². The molecule has 0 heterocycles. The summed E-state index contributed by atoms with van der Waals surface area (Å²) in [5.41, 5.74) is 0.449. The number of hydrogen-bond donors (Lipinski definition) is 0. The molecule has 0 aliphatic heterocycles. The van der Waals surface area contributed by atoms with Gasteiger partial charge in [0.1, 0.15) is 5.67 Å². The van der Waals surface area contributed by atoms with Crippen LogP contribution in [0.2, 0.25) is 0 Å². The van der Waals surface area contributed by atoms with Gasteiger partial charge in [0, 0.05) is 21.1 Å². The highest BCUT2D eigenvalue weighted by atomic mass is 79.9. The molecule has 0 saturated heterocycles. The van der Waals surface area contributed by atoms with Crippen LogP contribution in [0.5, 0.6) is 0 Å². The van der Waals surface area contributed by atoms with Crippen LogP contribution in [0.1, 0.15) is 62.9 Å². The predicted molar refractivity (Wildman–Crippen MR) is 99.5 cm³/mol. The molecule has 0 spiro atoms. The van der Waals surface area contributed by atoms with Gasteiger partial charge in [0.25, 0.3) is 0 Å². The molecule has 0 bridgehead atoms. The molecule has 0 amide bonds. The minimum atomic E-state index is -1.30. The van der Waals surface area contributed by atoms with E-state index in [1.165, 1.54) is 0 Å². The molecule has 1 aromatic carbocycles. The Morgan fingerprint density at radius 1 is 1.36 bits per heavy atom. The van der Waals surface area contributed by atoms with E-state index in [2.05, 4.69) is 25.2 Å². The molecule has 0 saturated carbocycles. The van der Waals surface area contributed by atoms with E-state index in [9.17, 15) is 9.18 Å². The Morgan fingerprint density at radius 3 is 2.41 bits per heavy atom. The molecule has 1 rings (SSSR count). The molecule has 4 unspecified atom stereocenters. The van der Waals surface area contributed by atoms with Gasteiger partial charge >= 0.3 is 0 Å². The maximum atomic E-state index is 14.7. The van der Waals surface area contributed by atoms with Crippen molar-refractivity contribution in [2.75, 3.05) is 0 Å². The van der Waals surface area contributed by atoms with Gasteiger partial charge in [0.15, 0.2) is 5.78 Å². The second-order valence-electron chi connectivity index (χ2n) is 6.61. The van der Waals surface area contributed by atoms with Crippen LogP contribution in [0.3, 0.4) is 0 Å². The monoisotopic (exact) mass is 388 g/mol. The smallest absolute Gasteiger partial charge is 0.165 e. The summed E-state index contributed by atoms with van der Waals surface area (Å²) < 4.78 is 15.7. The van der Waals surface area contributed by atoms with Crippen molar-refractivity contribution in [3.63, 3.8) is 0 Å². The van der Waals surface area contributed by atoms with Crippen LogP contribution in [-0.2, 0) is 0 Å². The van der Waals surface area contributed by atoms with Crippen molar-refractivity contribution in [3.8, 4) is 0 Å². The third-order valence-corrected chi connectivity index (χ3v) is 6.56. The molecule has 0 aliphatic carbocycles.